The highest BCUT2D eigenvalue weighted by Crippen LogP contribution is 2.34. The third-order valence-electron chi connectivity index (χ3n) is 3.26. The Morgan fingerprint density at radius 3 is 2.60 bits per heavy atom. The van der Waals surface area contributed by atoms with Crippen LogP contribution in [0.1, 0.15) is 29.5 Å². The Balaban J connectivity index is 2.39. The molecule has 1 N–H and O–H groups in total. The molecular formula is C16H15ClN2O. The summed E-state index contributed by atoms with van der Waals surface area (Å²) < 4.78 is 0. The minimum absolute atomic E-state index is 0.00384. The molecular weight excluding hydrogens is 272 g/mol. The van der Waals surface area contributed by atoms with E-state index in [2.05, 4.69) is 11.1 Å². The number of nitriles is 1. The van der Waals surface area contributed by atoms with Crippen molar-refractivity contribution in [2.45, 2.75) is 18.3 Å². The monoisotopic (exact) mass is 286 g/mol. The third kappa shape index (κ3) is 3.36. The van der Waals surface area contributed by atoms with Crippen molar-refractivity contribution in [2.24, 2.45) is 0 Å². The highest BCUT2D eigenvalue weighted by atomic mass is 35.5. The van der Waals surface area contributed by atoms with Gasteiger partial charge in [-0.15, -0.1) is 0 Å². The Hall–Kier alpha value is -1.89. The summed E-state index contributed by atoms with van der Waals surface area (Å²) >= 11 is 6.00. The first-order valence-electron chi connectivity index (χ1n) is 6.43. The standard InChI is InChI=1S/C16H15ClN2O/c17-13-6-8-19-16(10-13)14(7-9-20)15(11-18)12-4-2-1-3-5-12/h1-6,8,10,14-15,20H,7,9H2/t14-,15-/m0/s1. The number of nitrogens with zero attached hydrogens (tertiary/aromatic N) is 2. The summed E-state index contributed by atoms with van der Waals surface area (Å²) in [4.78, 5) is 4.31. The molecule has 0 saturated heterocycles. The van der Waals surface area contributed by atoms with Crippen LogP contribution in [0.5, 0.6) is 0 Å². The molecule has 0 aliphatic rings. The van der Waals surface area contributed by atoms with Crippen molar-refractivity contribution in [2.75, 3.05) is 6.61 Å². The van der Waals surface area contributed by atoms with Crippen molar-refractivity contribution in [1.29, 1.82) is 5.26 Å². The first-order valence-corrected chi connectivity index (χ1v) is 6.81. The van der Waals surface area contributed by atoms with E-state index in [1.807, 2.05) is 30.3 Å². The van der Waals surface area contributed by atoms with Gasteiger partial charge in [-0.05, 0) is 24.1 Å². The minimum Gasteiger partial charge on any atom is -0.396 e. The lowest BCUT2D eigenvalue weighted by molar-refractivity contribution is 0.271. The number of rotatable bonds is 5. The van der Waals surface area contributed by atoms with Crippen LogP contribution < -0.4 is 0 Å². The van der Waals surface area contributed by atoms with Gasteiger partial charge in [0, 0.05) is 29.4 Å². The number of hydrogen-bond donors (Lipinski definition) is 1. The molecule has 20 heavy (non-hydrogen) atoms. The lowest BCUT2D eigenvalue weighted by Gasteiger charge is -2.21. The Morgan fingerprint density at radius 1 is 1.25 bits per heavy atom. The summed E-state index contributed by atoms with van der Waals surface area (Å²) in [6.07, 6.45) is 2.10. The Morgan fingerprint density at radius 2 is 2.00 bits per heavy atom. The van der Waals surface area contributed by atoms with Crippen molar-refractivity contribution in [3.63, 3.8) is 0 Å². The quantitative estimate of drug-likeness (QED) is 0.915. The van der Waals surface area contributed by atoms with Gasteiger partial charge in [0.15, 0.2) is 0 Å². The molecule has 1 aromatic carbocycles. The average molecular weight is 287 g/mol. The largest absolute Gasteiger partial charge is 0.396 e. The van der Waals surface area contributed by atoms with E-state index in [0.29, 0.717) is 11.4 Å². The predicted octanol–water partition coefficient (Wildman–Crippen LogP) is 3.51. The van der Waals surface area contributed by atoms with Gasteiger partial charge in [-0.25, -0.2) is 0 Å². The minimum atomic E-state index is -0.352. The molecule has 0 unspecified atom stereocenters. The Labute approximate surface area is 123 Å². The van der Waals surface area contributed by atoms with Crippen LogP contribution in [0.4, 0.5) is 0 Å². The molecule has 0 aliphatic carbocycles. The summed E-state index contributed by atoms with van der Waals surface area (Å²) in [7, 11) is 0. The van der Waals surface area contributed by atoms with Crippen LogP contribution in [0, 0.1) is 11.3 Å². The summed E-state index contributed by atoms with van der Waals surface area (Å²) in [5.41, 5.74) is 1.66. The zero-order valence-corrected chi connectivity index (χ0v) is 11.7. The van der Waals surface area contributed by atoms with Gasteiger partial charge in [0.25, 0.3) is 0 Å². The molecule has 102 valence electrons. The van der Waals surface area contributed by atoms with Crippen LogP contribution in [-0.4, -0.2) is 16.7 Å². The van der Waals surface area contributed by atoms with E-state index in [4.69, 9.17) is 11.6 Å². The van der Waals surface area contributed by atoms with Crippen molar-refractivity contribution >= 4 is 11.6 Å². The van der Waals surface area contributed by atoms with Crippen LogP contribution in [0.25, 0.3) is 0 Å². The predicted molar refractivity (Wildman–Crippen MR) is 78.5 cm³/mol. The third-order valence-corrected chi connectivity index (χ3v) is 3.50. The maximum Gasteiger partial charge on any atom is 0.0797 e. The van der Waals surface area contributed by atoms with Crippen LogP contribution >= 0.6 is 11.6 Å². The second kappa shape index (κ2) is 7.04. The number of aliphatic hydroxyl groups excluding tert-OH is 1. The number of pyridine rings is 1. The Kier molecular flexibility index (Phi) is 5.11. The van der Waals surface area contributed by atoms with E-state index in [1.165, 1.54) is 0 Å². The topological polar surface area (TPSA) is 56.9 Å². The zero-order chi connectivity index (χ0) is 14.4. The van der Waals surface area contributed by atoms with E-state index in [0.717, 1.165) is 11.3 Å². The number of benzene rings is 1. The van der Waals surface area contributed by atoms with Crippen LogP contribution in [0.2, 0.25) is 5.02 Å². The van der Waals surface area contributed by atoms with Crippen molar-refractivity contribution in [3.8, 4) is 6.07 Å². The lowest BCUT2D eigenvalue weighted by Crippen LogP contribution is -2.13. The lowest BCUT2D eigenvalue weighted by atomic mass is 9.82. The van der Waals surface area contributed by atoms with E-state index >= 15 is 0 Å². The molecule has 2 atom stereocenters. The van der Waals surface area contributed by atoms with Crippen LogP contribution in [0.15, 0.2) is 48.7 Å². The number of hydrogen-bond acceptors (Lipinski definition) is 3. The molecule has 3 nitrogen and oxygen atoms in total. The fourth-order valence-electron chi connectivity index (χ4n) is 2.31. The van der Waals surface area contributed by atoms with E-state index in [-0.39, 0.29) is 18.4 Å². The van der Waals surface area contributed by atoms with Crippen molar-refractivity contribution < 1.29 is 5.11 Å². The number of halogens is 1. The summed E-state index contributed by atoms with van der Waals surface area (Å²) in [6.45, 7) is 0.00384. The zero-order valence-electron chi connectivity index (χ0n) is 10.9. The molecule has 0 bridgehead atoms. The number of aromatic nitrogens is 1. The first-order chi connectivity index (χ1) is 9.76. The van der Waals surface area contributed by atoms with Crippen LogP contribution in [0.3, 0.4) is 0 Å². The second-order valence-electron chi connectivity index (χ2n) is 4.54. The van der Waals surface area contributed by atoms with E-state index in [1.54, 1.807) is 18.3 Å². The molecule has 0 fully saturated rings. The van der Waals surface area contributed by atoms with Crippen molar-refractivity contribution in [3.05, 3.63) is 64.9 Å². The van der Waals surface area contributed by atoms with Gasteiger partial charge in [-0.1, -0.05) is 41.9 Å². The van der Waals surface area contributed by atoms with Gasteiger partial charge in [0.05, 0.1) is 12.0 Å². The van der Waals surface area contributed by atoms with E-state index in [9.17, 15) is 10.4 Å². The molecule has 0 saturated carbocycles. The second-order valence-corrected chi connectivity index (χ2v) is 4.97. The molecule has 2 aromatic rings. The molecule has 1 heterocycles. The van der Waals surface area contributed by atoms with Gasteiger partial charge in [0.1, 0.15) is 0 Å². The summed E-state index contributed by atoms with van der Waals surface area (Å²) in [6, 6.07) is 15.3. The molecule has 0 spiro atoms. The van der Waals surface area contributed by atoms with E-state index < -0.39 is 0 Å². The number of aliphatic hydroxyl groups is 1. The normalized spacial score (nSPS) is 13.4. The fraction of sp³-hybridized carbons (Fsp3) is 0.250. The molecule has 2 rings (SSSR count). The SMILES string of the molecule is N#C[C@@H](c1ccccc1)[C@H](CCO)c1cc(Cl)ccn1. The van der Waals surface area contributed by atoms with Gasteiger partial charge >= 0.3 is 0 Å². The first kappa shape index (κ1) is 14.5. The smallest absolute Gasteiger partial charge is 0.0797 e. The summed E-state index contributed by atoms with van der Waals surface area (Å²) in [5.74, 6) is -0.527. The van der Waals surface area contributed by atoms with Gasteiger partial charge in [-0.3, -0.25) is 4.98 Å². The van der Waals surface area contributed by atoms with Crippen LogP contribution in [-0.2, 0) is 0 Å². The highest BCUT2D eigenvalue weighted by molar-refractivity contribution is 6.30. The maximum atomic E-state index is 9.51. The molecule has 4 heteroatoms. The highest BCUT2D eigenvalue weighted by Gasteiger charge is 2.25. The molecule has 1 aromatic heterocycles. The van der Waals surface area contributed by atoms with Gasteiger partial charge in [-0.2, -0.15) is 5.26 Å². The molecule has 0 radical (unpaired) electrons. The maximum absolute atomic E-state index is 9.51. The Bertz CT molecular complexity index is 595. The van der Waals surface area contributed by atoms with Gasteiger partial charge in [0.2, 0.25) is 0 Å². The molecule has 0 amide bonds. The molecule has 0 aliphatic heterocycles. The summed E-state index contributed by atoms with van der Waals surface area (Å²) in [5, 5.41) is 19.4. The van der Waals surface area contributed by atoms with Crippen molar-refractivity contribution in [1.82, 2.24) is 4.98 Å². The fourth-order valence-corrected chi connectivity index (χ4v) is 2.47. The average Bonchev–Trinajstić information content (AvgIpc) is 2.48. The van der Waals surface area contributed by atoms with Gasteiger partial charge < -0.3 is 5.11 Å².